The maximum absolute atomic E-state index is 12.9. The molecule has 3 saturated heterocycles. The molecule has 3 rings (SSSR count). The summed E-state index contributed by atoms with van der Waals surface area (Å²) in [6.07, 6.45) is -13.6. The highest BCUT2D eigenvalue weighted by Crippen LogP contribution is 2.29. The highest BCUT2D eigenvalue weighted by molar-refractivity contribution is 5.79. The summed E-state index contributed by atoms with van der Waals surface area (Å²) in [7, 11) is 0. The minimum absolute atomic E-state index is 0.0259. The summed E-state index contributed by atoms with van der Waals surface area (Å²) in [6, 6.07) is 0. The van der Waals surface area contributed by atoms with Crippen LogP contribution in [0.15, 0.2) is 0 Å². The average molecular weight is 946 g/mol. The van der Waals surface area contributed by atoms with Crippen molar-refractivity contribution >= 4 is 17.6 Å². The van der Waals surface area contributed by atoms with Gasteiger partial charge in [0.05, 0.1) is 83.3 Å². The van der Waals surface area contributed by atoms with Gasteiger partial charge >= 0.3 is 0 Å². The Morgan fingerprint density at radius 1 is 0.523 bits per heavy atom. The summed E-state index contributed by atoms with van der Waals surface area (Å²) >= 11 is 0. The lowest BCUT2D eigenvalue weighted by atomic mass is 9.92. The fourth-order valence-electron chi connectivity index (χ4n) is 7.49. The van der Waals surface area contributed by atoms with Crippen molar-refractivity contribution in [3.8, 4) is 0 Å². The molecule has 6 unspecified atom stereocenters. The number of Topliss-reactive ketones (excluding diaryl/α,β-unsaturated/α-hetero) is 1. The highest BCUT2D eigenvalue weighted by atomic mass is 16.7. The van der Waals surface area contributed by atoms with Crippen molar-refractivity contribution in [1.82, 2.24) is 16.0 Å². The molecule has 0 aromatic carbocycles. The van der Waals surface area contributed by atoms with Gasteiger partial charge in [0.1, 0.15) is 56.4 Å². The largest absolute Gasteiger partial charge is 0.394 e. The quantitative estimate of drug-likeness (QED) is 0.0326. The monoisotopic (exact) mass is 945 g/mol. The van der Waals surface area contributed by atoms with Crippen LogP contribution < -0.4 is 16.0 Å². The van der Waals surface area contributed by atoms with E-state index in [-0.39, 0.29) is 71.5 Å². The molecule has 3 heterocycles. The molecule has 12 N–H and O–H groups in total. The van der Waals surface area contributed by atoms with Crippen LogP contribution in [0.25, 0.3) is 0 Å². The number of hydrogen-bond acceptors (Lipinski definition) is 22. The molecular weight excluding hydrogens is 870 g/mol. The molecule has 3 fully saturated rings. The van der Waals surface area contributed by atoms with E-state index >= 15 is 0 Å². The Morgan fingerprint density at radius 2 is 0.862 bits per heavy atom. The summed E-state index contributed by atoms with van der Waals surface area (Å²) in [5, 5.41) is 98.2. The molecule has 24 heteroatoms. The zero-order chi connectivity index (χ0) is 48.5. The summed E-state index contributed by atoms with van der Waals surface area (Å²) in [5.41, 5.74) is -1.86. The fourth-order valence-corrected chi connectivity index (χ4v) is 7.49. The fraction of sp³-hybridized carbons (Fsp3) is 0.927. The van der Waals surface area contributed by atoms with Gasteiger partial charge < -0.3 is 105 Å². The first-order valence-electron chi connectivity index (χ1n) is 22.0. The topological polar surface area (TPSA) is 352 Å². The van der Waals surface area contributed by atoms with Crippen LogP contribution in [0.3, 0.4) is 0 Å². The van der Waals surface area contributed by atoms with E-state index in [1.165, 1.54) is 0 Å². The van der Waals surface area contributed by atoms with Crippen molar-refractivity contribution in [3.05, 3.63) is 0 Å². The van der Waals surface area contributed by atoms with E-state index < -0.39 is 147 Å². The van der Waals surface area contributed by atoms with Gasteiger partial charge in [0, 0.05) is 42.8 Å². The highest BCUT2D eigenvalue weighted by Gasteiger charge is 2.45. The number of carbonyl (C=O) groups is 3. The Bertz CT molecular complexity index is 1340. The van der Waals surface area contributed by atoms with Crippen molar-refractivity contribution in [2.45, 2.75) is 133 Å². The van der Waals surface area contributed by atoms with Gasteiger partial charge in [0.15, 0.2) is 24.7 Å². The first-order chi connectivity index (χ1) is 30.7. The Balaban J connectivity index is 1.56. The van der Waals surface area contributed by atoms with Gasteiger partial charge in [-0.25, -0.2) is 0 Å². The third kappa shape index (κ3) is 18.0. The third-order valence-corrected chi connectivity index (χ3v) is 11.1. The van der Waals surface area contributed by atoms with Crippen LogP contribution in [-0.4, -0.2) is 241 Å². The molecule has 0 radical (unpaired) electrons. The van der Waals surface area contributed by atoms with Gasteiger partial charge in [-0.3, -0.25) is 14.4 Å². The summed E-state index contributed by atoms with van der Waals surface area (Å²) < 4.78 is 51.2. The summed E-state index contributed by atoms with van der Waals surface area (Å²) in [5.74, 6) is -3.28. The minimum atomic E-state index is -1.30. The molecule has 0 bridgehead atoms. The predicted octanol–water partition coefficient (Wildman–Crippen LogP) is -5.37. The van der Waals surface area contributed by atoms with Crippen molar-refractivity contribution < 1.29 is 103 Å². The van der Waals surface area contributed by atoms with Crippen LogP contribution >= 0.6 is 0 Å². The van der Waals surface area contributed by atoms with E-state index in [9.17, 15) is 60.3 Å². The zero-order valence-corrected chi connectivity index (χ0v) is 38.2. The maximum Gasteiger partial charge on any atom is 0.246 e. The van der Waals surface area contributed by atoms with Gasteiger partial charge in [-0.1, -0.05) is 20.8 Å². The molecule has 65 heavy (non-hydrogen) atoms. The molecule has 2 amide bonds. The standard InChI is InChI=1S/C41H75N3O21/c1-22-31(51)34(54)26(13-45)63-37(22)60-10-7-25(48)16-57-19-41(44-40(4,5)6,20-58-17-29(49)42-8-11-61-38-23(2)32(52)35(55)27(14-46)64-38)21-59-18-30(50)43-9-12-62-39-24(3)33(53)36(56)28(15-47)65-39/h22-24,26-28,31-39,44-47,51-56H,7-21H2,1-6H3,(H,42,49)(H,43,50)/t22?,23?,24?,26?,27?,28?,31-,32-,33-,34+,35+,36+,37-,38-,39-,41?/m1/s1. The number of ether oxygens (including phenoxy) is 9. The smallest absolute Gasteiger partial charge is 0.246 e. The van der Waals surface area contributed by atoms with Crippen LogP contribution in [0.1, 0.15) is 48.0 Å². The van der Waals surface area contributed by atoms with Crippen molar-refractivity contribution in [2.75, 3.05) is 92.4 Å². The van der Waals surface area contributed by atoms with Crippen molar-refractivity contribution in [3.63, 3.8) is 0 Å². The first-order valence-corrected chi connectivity index (χ1v) is 22.0. The molecular formula is C41H75N3O21. The van der Waals surface area contributed by atoms with Crippen LogP contribution in [0.5, 0.6) is 0 Å². The zero-order valence-electron chi connectivity index (χ0n) is 38.2. The molecule has 0 aliphatic carbocycles. The van der Waals surface area contributed by atoms with Crippen LogP contribution in [0, 0.1) is 17.8 Å². The first kappa shape index (κ1) is 57.2. The van der Waals surface area contributed by atoms with E-state index in [0.717, 1.165) is 0 Å². The van der Waals surface area contributed by atoms with Gasteiger partial charge in [-0.2, -0.15) is 0 Å². The molecule has 3 aliphatic rings. The van der Waals surface area contributed by atoms with E-state index in [4.69, 9.17) is 42.6 Å². The Labute approximate surface area is 379 Å². The minimum Gasteiger partial charge on any atom is -0.394 e. The number of carbonyl (C=O) groups excluding carboxylic acids is 3. The van der Waals surface area contributed by atoms with Crippen LogP contribution in [0.2, 0.25) is 0 Å². The van der Waals surface area contributed by atoms with Gasteiger partial charge in [0.25, 0.3) is 0 Å². The summed E-state index contributed by atoms with van der Waals surface area (Å²) in [4.78, 5) is 38.6. The molecule has 24 nitrogen and oxygen atoms in total. The molecule has 0 aromatic heterocycles. The van der Waals surface area contributed by atoms with E-state index in [2.05, 4.69) is 16.0 Å². The Kier molecular flexibility index (Phi) is 24.4. The number of amides is 2. The number of nitrogens with one attached hydrogen (secondary N) is 3. The lowest BCUT2D eigenvalue weighted by molar-refractivity contribution is -0.282. The van der Waals surface area contributed by atoms with Gasteiger partial charge in [0.2, 0.25) is 11.8 Å². The third-order valence-electron chi connectivity index (χ3n) is 11.1. The number of aliphatic hydroxyl groups is 9. The normalized spacial score (nSPS) is 34.2. The molecule has 0 spiro atoms. The second-order valence-electron chi connectivity index (χ2n) is 17.9. The SMILES string of the molecule is CC1[C@H](OCCNC(=O)COCC(COCC(=O)CCO[C@@H]2OC(CO)[C@H](O)[C@H](O)C2C)(COCC(=O)NCCO[C@@H]2OC(CO)[C@H](O)[C@H](O)C2C)NC(C)(C)C)OC(CO)[C@H](O)[C@@H]1O. The number of rotatable bonds is 28. The molecule has 0 aromatic rings. The Hall–Kier alpha value is -2.15. The lowest BCUT2D eigenvalue weighted by Gasteiger charge is -2.40. The lowest BCUT2D eigenvalue weighted by Crippen LogP contribution is -2.62. The van der Waals surface area contributed by atoms with E-state index in [0.29, 0.717) is 0 Å². The van der Waals surface area contributed by atoms with Crippen LogP contribution in [-0.2, 0) is 57.0 Å². The van der Waals surface area contributed by atoms with Crippen LogP contribution in [0.4, 0.5) is 0 Å². The number of hydrogen-bond donors (Lipinski definition) is 12. The maximum atomic E-state index is 12.9. The molecule has 0 saturated carbocycles. The number of aliphatic hydroxyl groups excluding tert-OH is 9. The van der Waals surface area contributed by atoms with Gasteiger partial charge in [-0.05, 0) is 20.8 Å². The average Bonchev–Trinajstić information content (AvgIpc) is 3.25. The van der Waals surface area contributed by atoms with E-state index in [1.54, 1.807) is 20.8 Å². The second kappa shape index (κ2) is 27.7. The second-order valence-corrected chi connectivity index (χ2v) is 17.9. The van der Waals surface area contributed by atoms with Crippen molar-refractivity contribution in [2.24, 2.45) is 17.8 Å². The van der Waals surface area contributed by atoms with Gasteiger partial charge in [-0.15, -0.1) is 0 Å². The Morgan fingerprint density at radius 3 is 1.20 bits per heavy atom. The molecule has 15 atom stereocenters. The molecule has 380 valence electrons. The predicted molar refractivity (Wildman–Crippen MR) is 222 cm³/mol. The summed E-state index contributed by atoms with van der Waals surface area (Å²) in [6.45, 7) is 6.83. The molecule has 3 aliphatic heterocycles. The van der Waals surface area contributed by atoms with E-state index in [1.807, 2.05) is 20.8 Å². The van der Waals surface area contributed by atoms with Crippen molar-refractivity contribution in [1.29, 1.82) is 0 Å². The number of ketones is 1.